The van der Waals surface area contributed by atoms with E-state index in [4.69, 9.17) is 0 Å². The molecular weight excluding hydrogens is 257 g/mol. The zero-order valence-electron chi connectivity index (χ0n) is 12.7. The molecule has 0 bridgehead atoms. The Hall–Kier alpha value is -1.65. The van der Waals surface area contributed by atoms with Crippen LogP contribution >= 0.6 is 0 Å². The van der Waals surface area contributed by atoms with Gasteiger partial charge in [0.1, 0.15) is 11.6 Å². The average molecular weight is 281 g/mol. The molecule has 1 rings (SSSR count). The Labute approximate surface area is 120 Å². The minimum absolute atomic E-state index is 0.127. The lowest BCUT2D eigenvalue weighted by Gasteiger charge is -2.29. The fourth-order valence-electron chi connectivity index (χ4n) is 2.03. The van der Waals surface area contributed by atoms with Crippen molar-refractivity contribution in [2.75, 3.05) is 18.9 Å². The number of nitrogens with one attached hydrogen (secondary N) is 1. The van der Waals surface area contributed by atoms with E-state index in [2.05, 4.69) is 17.2 Å². The van der Waals surface area contributed by atoms with Crippen molar-refractivity contribution in [3.05, 3.63) is 23.6 Å². The molecular formula is C15H24FN3O. The summed E-state index contributed by atoms with van der Waals surface area (Å²) >= 11 is 0. The Morgan fingerprint density at radius 3 is 2.75 bits per heavy atom. The molecule has 112 valence electrons. The monoisotopic (exact) mass is 281 g/mol. The highest BCUT2D eigenvalue weighted by Gasteiger charge is 2.23. The van der Waals surface area contributed by atoms with E-state index in [9.17, 15) is 9.18 Å². The summed E-state index contributed by atoms with van der Waals surface area (Å²) in [6, 6.07) is 1.38. The van der Waals surface area contributed by atoms with Gasteiger partial charge in [-0.15, -0.1) is 0 Å². The van der Waals surface area contributed by atoms with Crippen LogP contribution in [-0.2, 0) is 0 Å². The summed E-state index contributed by atoms with van der Waals surface area (Å²) in [7, 11) is 1.68. The zero-order chi connectivity index (χ0) is 15.1. The van der Waals surface area contributed by atoms with E-state index >= 15 is 0 Å². The van der Waals surface area contributed by atoms with Crippen molar-refractivity contribution in [3.8, 4) is 0 Å². The van der Waals surface area contributed by atoms with Crippen molar-refractivity contribution in [1.82, 2.24) is 9.88 Å². The van der Waals surface area contributed by atoms with Gasteiger partial charge < -0.3 is 10.2 Å². The molecule has 0 spiro atoms. The van der Waals surface area contributed by atoms with Gasteiger partial charge in [-0.1, -0.05) is 20.3 Å². The lowest BCUT2D eigenvalue weighted by atomic mass is 10.1. The number of amides is 1. The molecule has 0 aliphatic heterocycles. The van der Waals surface area contributed by atoms with E-state index in [1.165, 1.54) is 6.07 Å². The smallest absolute Gasteiger partial charge is 0.257 e. The minimum Gasteiger partial charge on any atom is -0.372 e. The van der Waals surface area contributed by atoms with Crippen molar-refractivity contribution in [3.63, 3.8) is 0 Å². The second-order valence-corrected chi connectivity index (χ2v) is 4.91. The lowest BCUT2D eigenvalue weighted by molar-refractivity contribution is 0.0685. The first kappa shape index (κ1) is 16.4. The highest BCUT2D eigenvalue weighted by molar-refractivity contribution is 5.98. The lowest BCUT2D eigenvalue weighted by Crippen LogP contribution is -2.39. The molecule has 20 heavy (non-hydrogen) atoms. The summed E-state index contributed by atoms with van der Waals surface area (Å²) in [5.41, 5.74) is 0.295. The first-order valence-corrected chi connectivity index (χ1v) is 7.19. The number of anilines is 1. The second-order valence-electron chi connectivity index (χ2n) is 4.91. The van der Waals surface area contributed by atoms with Crippen LogP contribution in [-0.4, -0.2) is 35.4 Å². The molecule has 0 aromatic carbocycles. The van der Waals surface area contributed by atoms with Crippen LogP contribution in [0.1, 0.15) is 50.4 Å². The van der Waals surface area contributed by atoms with Gasteiger partial charge in [0.05, 0.1) is 11.8 Å². The predicted octanol–water partition coefficient (Wildman–Crippen LogP) is 3.30. The number of unbranched alkanes of at least 4 members (excludes halogenated alkanes) is 1. The Kier molecular flexibility index (Phi) is 6.42. The molecule has 1 unspecified atom stereocenters. The standard InChI is InChI=1S/C15H24FN3O/c1-5-7-8-19(11(3)6-2)15(20)13-9-12(16)10-18-14(13)17-4/h9-11H,5-8H2,1-4H3,(H,17,18). The number of aromatic nitrogens is 1. The summed E-state index contributed by atoms with van der Waals surface area (Å²) in [6.07, 6.45) is 3.93. The van der Waals surface area contributed by atoms with E-state index in [-0.39, 0.29) is 11.9 Å². The van der Waals surface area contributed by atoms with Crippen LogP contribution in [0.25, 0.3) is 0 Å². The number of rotatable bonds is 7. The molecule has 0 aliphatic carbocycles. The van der Waals surface area contributed by atoms with E-state index < -0.39 is 5.82 Å². The van der Waals surface area contributed by atoms with Gasteiger partial charge in [0.15, 0.2) is 0 Å². The number of hydrogen-bond donors (Lipinski definition) is 1. The van der Waals surface area contributed by atoms with Gasteiger partial charge in [-0.25, -0.2) is 9.37 Å². The molecule has 0 saturated carbocycles. The Morgan fingerprint density at radius 2 is 2.20 bits per heavy atom. The Bertz CT molecular complexity index is 451. The summed E-state index contributed by atoms with van der Waals surface area (Å²) < 4.78 is 13.4. The zero-order valence-corrected chi connectivity index (χ0v) is 12.7. The molecule has 0 aliphatic rings. The number of carbonyl (C=O) groups is 1. The number of hydrogen-bond acceptors (Lipinski definition) is 3. The quantitative estimate of drug-likeness (QED) is 0.834. The van der Waals surface area contributed by atoms with Crippen molar-refractivity contribution in [2.24, 2.45) is 0 Å². The topological polar surface area (TPSA) is 45.2 Å². The fraction of sp³-hybridized carbons (Fsp3) is 0.600. The molecule has 1 heterocycles. The Balaban J connectivity index is 3.07. The predicted molar refractivity (Wildman–Crippen MR) is 79.4 cm³/mol. The third kappa shape index (κ3) is 3.92. The van der Waals surface area contributed by atoms with E-state index in [1.54, 1.807) is 11.9 Å². The summed E-state index contributed by atoms with van der Waals surface area (Å²) in [5, 5.41) is 2.85. The maximum Gasteiger partial charge on any atom is 0.257 e. The number of pyridine rings is 1. The van der Waals surface area contributed by atoms with Gasteiger partial charge in [-0.2, -0.15) is 0 Å². The van der Waals surface area contributed by atoms with E-state index in [1.807, 2.05) is 13.8 Å². The molecule has 0 fully saturated rings. The van der Waals surface area contributed by atoms with Crippen LogP contribution in [0.15, 0.2) is 12.3 Å². The molecule has 0 radical (unpaired) electrons. The van der Waals surface area contributed by atoms with Crippen molar-refractivity contribution < 1.29 is 9.18 Å². The molecule has 1 N–H and O–H groups in total. The normalized spacial score (nSPS) is 12.1. The highest BCUT2D eigenvalue weighted by Crippen LogP contribution is 2.18. The van der Waals surface area contributed by atoms with Crippen LogP contribution in [0.3, 0.4) is 0 Å². The third-order valence-electron chi connectivity index (χ3n) is 3.46. The van der Waals surface area contributed by atoms with Crippen LogP contribution in [0.5, 0.6) is 0 Å². The highest BCUT2D eigenvalue weighted by atomic mass is 19.1. The largest absolute Gasteiger partial charge is 0.372 e. The van der Waals surface area contributed by atoms with Crippen molar-refractivity contribution >= 4 is 11.7 Å². The Morgan fingerprint density at radius 1 is 1.50 bits per heavy atom. The van der Waals surface area contributed by atoms with E-state index in [0.717, 1.165) is 25.5 Å². The van der Waals surface area contributed by atoms with Gasteiger partial charge in [0.25, 0.3) is 5.91 Å². The molecule has 1 aromatic heterocycles. The van der Waals surface area contributed by atoms with Crippen LogP contribution < -0.4 is 5.32 Å². The second kappa shape index (κ2) is 7.82. The number of nitrogens with zero attached hydrogens (tertiary/aromatic N) is 2. The maximum absolute atomic E-state index is 13.4. The molecule has 1 amide bonds. The molecule has 0 saturated heterocycles. The SMILES string of the molecule is CCCCN(C(=O)c1cc(F)cnc1NC)C(C)CC. The summed E-state index contributed by atoms with van der Waals surface area (Å²) in [6.45, 7) is 6.82. The maximum atomic E-state index is 13.4. The minimum atomic E-state index is -0.494. The molecule has 1 atom stereocenters. The van der Waals surface area contributed by atoms with Crippen molar-refractivity contribution in [1.29, 1.82) is 0 Å². The van der Waals surface area contributed by atoms with Gasteiger partial charge in [0, 0.05) is 19.6 Å². The average Bonchev–Trinajstić information content (AvgIpc) is 2.46. The number of carbonyl (C=O) groups excluding carboxylic acids is 1. The first-order valence-electron chi connectivity index (χ1n) is 7.19. The van der Waals surface area contributed by atoms with Gasteiger partial charge in [0.2, 0.25) is 0 Å². The van der Waals surface area contributed by atoms with Gasteiger partial charge in [-0.05, 0) is 25.8 Å². The van der Waals surface area contributed by atoms with Crippen LogP contribution in [0.4, 0.5) is 10.2 Å². The summed E-state index contributed by atoms with van der Waals surface area (Å²) in [4.78, 5) is 18.4. The summed E-state index contributed by atoms with van der Waals surface area (Å²) in [5.74, 6) is -0.239. The van der Waals surface area contributed by atoms with Gasteiger partial charge >= 0.3 is 0 Å². The third-order valence-corrected chi connectivity index (χ3v) is 3.46. The molecule has 4 nitrogen and oxygen atoms in total. The van der Waals surface area contributed by atoms with Crippen molar-refractivity contribution in [2.45, 2.75) is 46.1 Å². The van der Waals surface area contributed by atoms with E-state index in [0.29, 0.717) is 17.9 Å². The molecule has 5 heteroatoms. The van der Waals surface area contributed by atoms with Crippen LogP contribution in [0.2, 0.25) is 0 Å². The number of halogens is 1. The van der Waals surface area contributed by atoms with Gasteiger partial charge in [-0.3, -0.25) is 4.79 Å². The first-order chi connectivity index (χ1) is 9.54. The van der Waals surface area contributed by atoms with Crippen LogP contribution in [0, 0.1) is 5.82 Å². The fourth-order valence-corrected chi connectivity index (χ4v) is 2.03. The molecule has 1 aromatic rings.